The summed E-state index contributed by atoms with van der Waals surface area (Å²) >= 11 is 5.89. The first-order valence-electron chi connectivity index (χ1n) is 4.15. The molecular weight excluding hydrogens is 186 g/mol. The molecule has 72 valence electrons. The van der Waals surface area contributed by atoms with Gasteiger partial charge in [-0.05, 0) is 26.0 Å². The van der Waals surface area contributed by atoms with E-state index in [0.717, 1.165) is 0 Å². The summed E-state index contributed by atoms with van der Waals surface area (Å²) in [5, 5.41) is 0.617. The minimum absolute atomic E-state index is 0.334. The predicted molar refractivity (Wildman–Crippen MR) is 55.2 cm³/mol. The highest BCUT2D eigenvalue weighted by Crippen LogP contribution is 2.23. The van der Waals surface area contributed by atoms with Crippen LogP contribution < -0.4 is 10.5 Å². The molecule has 2 nitrogen and oxygen atoms in total. The average Bonchev–Trinajstić information content (AvgIpc) is 2.01. The molecule has 13 heavy (non-hydrogen) atoms. The van der Waals surface area contributed by atoms with Crippen LogP contribution in [0.25, 0.3) is 0 Å². The summed E-state index contributed by atoms with van der Waals surface area (Å²) in [6.07, 6.45) is 0. The lowest BCUT2D eigenvalue weighted by Gasteiger charge is -2.19. The molecule has 0 saturated heterocycles. The van der Waals surface area contributed by atoms with Crippen molar-refractivity contribution in [2.75, 3.05) is 6.61 Å². The van der Waals surface area contributed by atoms with Crippen molar-refractivity contribution in [3.05, 3.63) is 29.3 Å². The fraction of sp³-hybridized carbons (Fsp3) is 0.400. The summed E-state index contributed by atoms with van der Waals surface area (Å²) in [6, 6.07) is 7.36. The Labute approximate surface area is 83.6 Å². The molecule has 0 aliphatic carbocycles. The monoisotopic (exact) mass is 199 g/mol. The second kappa shape index (κ2) is 3.99. The molecule has 1 aromatic carbocycles. The Hall–Kier alpha value is -0.730. The van der Waals surface area contributed by atoms with E-state index in [4.69, 9.17) is 22.1 Å². The van der Waals surface area contributed by atoms with E-state index in [2.05, 4.69) is 0 Å². The second-order valence-corrected chi connectivity index (χ2v) is 4.11. The molecule has 0 heterocycles. The van der Waals surface area contributed by atoms with E-state index < -0.39 is 0 Å². The Morgan fingerprint density at radius 3 is 2.54 bits per heavy atom. The molecule has 0 spiro atoms. The zero-order valence-corrected chi connectivity index (χ0v) is 8.64. The SMILES string of the molecule is CC(C)(N)COc1ccccc1Cl. The number of nitrogens with two attached hydrogens (primary N) is 1. The first-order valence-corrected chi connectivity index (χ1v) is 4.53. The summed E-state index contributed by atoms with van der Waals surface area (Å²) in [5.74, 6) is 0.683. The maximum absolute atomic E-state index is 5.89. The van der Waals surface area contributed by atoms with Gasteiger partial charge >= 0.3 is 0 Å². The van der Waals surface area contributed by atoms with Crippen LogP contribution in [0.5, 0.6) is 5.75 Å². The van der Waals surface area contributed by atoms with E-state index >= 15 is 0 Å². The number of hydrogen-bond acceptors (Lipinski definition) is 2. The van der Waals surface area contributed by atoms with E-state index in [1.165, 1.54) is 0 Å². The summed E-state index contributed by atoms with van der Waals surface area (Å²) < 4.78 is 5.44. The van der Waals surface area contributed by atoms with Crippen molar-refractivity contribution in [2.45, 2.75) is 19.4 Å². The van der Waals surface area contributed by atoms with Crippen LogP contribution >= 0.6 is 11.6 Å². The smallest absolute Gasteiger partial charge is 0.137 e. The molecular formula is C10H14ClNO. The Balaban J connectivity index is 2.60. The van der Waals surface area contributed by atoms with Crippen molar-refractivity contribution < 1.29 is 4.74 Å². The number of hydrogen-bond donors (Lipinski definition) is 1. The summed E-state index contributed by atoms with van der Waals surface area (Å²) in [7, 11) is 0. The fourth-order valence-electron chi connectivity index (χ4n) is 0.826. The lowest BCUT2D eigenvalue weighted by Crippen LogP contribution is -2.38. The maximum atomic E-state index is 5.89. The Kier molecular flexibility index (Phi) is 3.17. The van der Waals surface area contributed by atoms with Gasteiger partial charge in [-0.25, -0.2) is 0 Å². The van der Waals surface area contributed by atoms with Crippen molar-refractivity contribution in [1.29, 1.82) is 0 Å². The molecule has 2 N–H and O–H groups in total. The molecule has 0 aromatic heterocycles. The standard InChI is InChI=1S/C10H14ClNO/c1-10(2,12)7-13-9-6-4-3-5-8(9)11/h3-6H,7,12H2,1-2H3. The van der Waals surface area contributed by atoms with Crippen molar-refractivity contribution in [3.63, 3.8) is 0 Å². The molecule has 0 bridgehead atoms. The van der Waals surface area contributed by atoms with Gasteiger partial charge in [0.15, 0.2) is 0 Å². The Morgan fingerprint density at radius 1 is 1.38 bits per heavy atom. The van der Waals surface area contributed by atoms with Crippen LogP contribution in [0, 0.1) is 0 Å². The zero-order chi connectivity index (χ0) is 9.90. The van der Waals surface area contributed by atoms with Crippen LogP contribution in [0.15, 0.2) is 24.3 Å². The molecule has 0 amide bonds. The first-order chi connectivity index (χ1) is 5.99. The molecule has 0 radical (unpaired) electrons. The van der Waals surface area contributed by atoms with Gasteiger partial charge in [0.2, 0.25) is 0 Å². The highest BCUT2D eigenvalue weighted by atomic mass is 35.5. The van der Waals surface area contributed by atoms with Crippen LogP contribution in [0.1, 0.15) is 13.8 Å². The van der Waals surface area contributed by atoms with E-state index in [1.54, 1.807) is 6.07 Å². The highest BCUT2D eigenvalue weighted by molar-refractivity contribution is 6.32. The van der Waals surface area contributed by atoms with E-state index in [9.17, 15) is 0 Å². The summed E-state index contributed by atoms with van der Waals surface area (Å²) in [6.45, 7) is 4.27. The Morgan fingerprint density at radius 2 is 2.00 bits per heavy atom. The van der Waals surface area contributed by atoms with Gasteiger partial charge in [-0.2, -0.15) is 0 Å². The van der Waals surface area contributed by atoms with Crippen molar-refractivity contribution in [1.82, 2.24) is 0 Å². The maximum Gasteiger partial charge on any atom is 0.137 e. The molecule has 1 rings (SSSR count). The fourth-order valence-corrected chi connectivity index (χ4v) is 1.02. The minimum atomic E-state index is -0.334. The molecule has 0 aliphatic rings. The van der Waals surface area contributed by atoms with Gasteiger partial charge in [0, 0.05) is 5.54 Å². The number of halogens is 1. The van der Waals surface area contributed by atoms with Gasteiger partial charge in [0.25, 0.3) is 0 Å². The van der Waals surface area contributed by atoms with E-state index in [-0.39, 0.29) is 5.54 Å². The van der Waals surface area contributed by atoms with Gasteiger partial charge in [0.1, 0.15) is 12.4 Å². The third kappa shape index (κ3) is 3.66. The predicted octanol–water partition coefficient (Wildman–Crippen LogP) is 2.46. The third-order valence-corrected chi connectivity index (χ3v) is 1.75. The number of para-hydroxylation sites is 1. The normalized spacial score (nSPS) is 11.4. The van der Waals surface area contributed by atoms with Gasteiger partial charge in [-0.3, -0.25) is 0 Å². The van der Waals surface area contributed by atoms with Crippen LogP contribution in [0.2, 0.25) is 5.02 Å². The van der Waals surface area contributed by atoms with Gasteiger partial charge < -0.3 is 10.5 Å². The molecule has 0 aliphatic heterocycles. The topological polar surface area (TPSA) is 35.2 Å². The van der Waals surface area contributed by atoms with Gasteiger partial charge in [-0.15, -0.1) is 0 Å². The van der Waals surface area contributed by atoms with Crippen LogP contribution in [0.4, 0.5) is 0 Å². The Bertz CT molecular complexity index is 280. The number of ether oxygens (including phenoxy) is 1. The average molecular weight is 200 g/mol. The lowest BCUT2D eigenvalue weighted by molar-refractivity contribution is 0.243. The van der Waals surface area contributed by atoms with E-state index in [1.807, 2.05) is 32.0 Å². The van der Waals surface area contributed by atoms with Crippen LogP contribution in [-0.4, -0.2) is 12.1 Å². The van der Waals surface area contributed by atoms with Crippen molar-refractivity contribution >= 4 is 11.6 Å². The largest absolute Gasteiger partial charge is 0.490 e. The summed E-state index contributed by atoms with van der Waals surface area (Å²) in [4.78, 5) is 0. The molecule has 3 heteroatoms. The number of benzene rings is 1. The zero-order valence-electron chi connectivity index (χ0n) is 7.88. The van der Waals surface area contributed by atoms with Crippen LogP contribution in [-0.2, 0) is 0 Å². The van der Waals surface area contributed by atoms with Gasteiger partial charge in [-0.1, -0.05) is 23.7 Å². The van der Waals surface area contributed by atoms with Crippen molar-refractivity contribution in [3.8, 4) is 5.75 Å². The third-order valence-electron chi connectivity index (χ3n) is 1.44. The lowest BCUT2D eigenvalue weighted by atomic mass is 10.1. The minimum Gasteiger partial charge on any atom is -0.490 e. The second-order valence-electron chi connectivity index (χ2n) is 3.71. The summed E-state index contributed by atoms with van der Waals surface area (Å²) in [5.41, 5.74) is 5.43. The molecule has 0 atom stereocenters. The van der Waals surface area contributed by atoms with Crippen molar-refractivity contribution in [2.24, 2.45) is 5.73 Å². The number of rotatable bonds is 3. The highest BCUT2D eigenvalue weighted by Gasteiger charge is 2.12. The van der Waals surface area contributed by atoms with E-state index in [0.29, 0.717) is 17.4 Å². The molecule has 0 fully saturated rings. The van der Waals surface area contributed by atoms with Crippen LogP contribution in [0.3, 0.4) is 0 Å². The molecule has 1 aromatic rings. The molecule has 0 unspecified atom stereocenters. The molecule has 0 saturated carbocycles. The first kappa shape index (κ1) is 10.4. The quantitative estimate of drug-likeness (QED) is 0.812. The van der Waals surface area contributed by atoms with Gasteiger partial charge in [0.05, 0.1) is 5.02 Å².